The molecule has 3 aromatic rings. The summed E-state index contributed by atoms with van der Waals surface area (Å²) in [6.45, 7) is 0. The van der Waals surface area contributed by atoms with Gasteiger partial charge in [-0.2, -0.15) is 5.10 Å². The van der Waals surface area contributed by atoms with Crippen molar-refractivity contribution < 1.29 is 18.0 Å². The molecule has 1 aromatic carbocycles. The molecule has 2 aliphatic rings. The second-order valence-electron chi connectivity index (χ2n) is 7.64. The number of nitrogens with two attached hydrogens (primary N) is 1. The molecule has 9 nitrogen and oxygen atoms in total. The number of carbonyl (C=O) groups is 2. The molecule has 10 heteroatoms. The van der Waals surface area contributed by atoms with Gasteiger partial charge in [0.25, 0.3) is 11.8 Å². The summed E-state index contributed by atoms with van der Waals surface area (Å²) < 4.78 is 26.0. The van der Waals surface area contributed by atoms with Crippen LogP contribution < -0.4 is 11.1 Å². The first-order valence-corrected chi connectivity index (χ1v) is 11.3. The number of primary amides is 1. The summed E-state index contributed by atoms with van der Waals surface area (Å²) in [7, 11) is -3.35. The molecule has 2 aromatic heterocycles. The van der Waals surface area contributed by atoms with Gasteiger partial charge in [0.05, 0.1) is 22.4 Å². The van der Waals surface area contributed by atoms with Crippen LogP contribution in [-0.2, 0) is 9.84 Å². The van der Waals surface area contributed by atoms with Gasteiger partial charge in [-0.1, -0.05) is 18.2 Å². The summed E-state index contributed by atoms with van der Waals surface area (Å²) >= 11 is 0. The van der Waals surface area contributed by atoms with E-state index in [1.807, 2.05) is 0 Å². The normalized spacial score (nSPS) is 19.9. The number of sulfone groups is 1. The fraction of sp³-hybridized carbons (Fsp3) is 0.300. The summed E-state index contributed by atoms with van der Waals surface area (Å²) in [6.07, 6.45) is 3.55. The zero-order valence-electron chi connectivity index (χ0n) is 15.9. The van der Waals surface area contributed by atoms with E-state index >= 15 is 0 Å². The summed E-state index contributed by atoms with van der Waals surface area (Å²) in [5.74, 6) is -0.938. The molecule has 1 atom stereocenters. The molecule has 0 bridgehead atoms. The minimum absolute atomic E-state index is 0.0415. The number of amides is 2. The Bertz CT molecular complexity index is 1310. The number of nitrogens with one attached hydrogen (secondary N) is 1. The third-order valence-corrected chi connectivity index (χ3v) is 7.41. The third kappa shape index (κ3) is 2.95. The van der Waals surface area contributed by atoms with Gasteiger partial charge in [-0.05, 0) is 37.0 Å². The Kier molecular flexibility index (Phi) is 4.14. The van der Waals surface area contributed by atoms with Crippen molar-refractivity contribution in [3.63, 3.8) is 0 Å². The molecule has 2 amide bonds. The molecule has 5 rings (SSSR count). The Morgan fingerprint density at radius 2 is 1.90 bits per heavy atom. The van der Waals surface area contributed by atoms with Crippen molar-refractivity contribution in [2.24, 2.45) is 5.73 Å². The van der Waals surface area contributed by atoms with E-state index in [0.29, 0.717) is 11.3 Å². The number of fused-ring (bicyclic) bond motifs is 2. The van der Waals surface area contributed by atoms with Gasteiger partial charge in [-0.3, -0.25) is 9.59 Å². The highest BCUT2D eigenvalue weighted by atomic mass is 32.2. The molecule has 154 valence electrons. The van der Waals surface area contributed by atoms with Crippen molar-refractivity contribution in [3.05, 3.63) is 59.0 Å². The van der Waals surface area contributed by atoms with E-state index in [-0.39, 0.29) is 39.9 Å². The summed E-state index contributed by atoms with van der Waals surface area (Å²) in [5, 5.41) is 7.39. The van der Waals surface area contributed by atoms with Crippen molar-refractivity contribution in [2.45, 2.75) is 36.1 Å². The van der Waals surface area contributed by atoms with Crippen LogP contribution in [0.4, 0.5) is 0 Å². The lowest BCUT2D eigenvalue weighted by molar-refractivity contribution is 0.0925. The van der Waals surface area contributed by atoms with Crippen LogP contribution >= 0.6 is 0 Å². The largest absolute Gasteiger partial charge is 0.365 e. The maximum Gasteiger partial charge on any atom is 0.270 e. The molecule has 0 spiro atoms. The Labute approximate surface area is 172 Å². The lowest BCUT2D eigenvalue weighted by Crippen LogP contribution is -2.34. The van der Waals surface area contributed by atoms with Gasteiger partial charge in [-0.15, -0.1) is 0 Å². The van der Waals surface area contributed by atoms with E-state index in [1.54, 1.807) is 24.3 Å². The Morgan fingerprint density at radius 3 is 2.63 bits per heavy atom. The number of hydrogen-bond donors (Lipinski definition) is 2. The Hall–Kier alpha value is -3.27. The minimum Gasteiger partial charge on any atom is -0.365 e. The maximum atomic E-state index is 13.1. The third-order valence-electron chi connectivity index (χ3n) is 5.60. The van der Waals surface area contributed by atoms with Gasteiger partial charge >= 0.3 is 0 Å². The van der Waals surface area contributed by atoms with E-state index in [2.05, 4.69) is 15.4 Å². The zero-order chi connectivity index (χ0) is 21.0. The molecule has 1 fully saturated rings. The SMILES string of the molecule is NC(=O)c1c(C2CC2)nn2c(C(=O)N[C@@H]3CCS(=O)(=O)c4ccccc43)ccnc12. The van der Waals surface area contributed by atoms with Crippen molar-refractivity contribution in [2.75, 3.05) is 5.75 Å². The summed E-state index contributed by atoms with van der Waals surface area (Å²) in [5.41, 5.74) is 7.41. The molecule has 0 radical (unpaired) electrons. The molecular formula is C20H19N5O4S. The average Bonchev–Trinajstić information content (AvgIpc) is 3.49. The number of nitrogens with zero attached hydrogens (tertiary/aromatic N) is 3. The van der Waals surface area contributed by atoms with Crippen LogP contribution in [0.3, 0.4) is 0 Å². The van der Waals surface area contributed by atoms with Crippen LogP contribution in [0, 0.1) is 0 Å². The molecule has 0 saturated heterocycles. The predicted molar refractivity (Wildman–Crippen MR) is 107 cm³/mol. The number of hydrogen-bond acceptors (Lipinski definition) is 6. The van der Waals surface area contributed by atoms with Gasteiger partial charge in [0.2, 0.25) is 0 Å². The second-order valence-corrected chi connectivity index (χ2v) is 9.71. The zero-order valence-corrected chi connectivity index (χ0v) is 16.7. The number of carbonyl (C=O) groups excluding carboxylic acids is 2. The van der Waals surface area contributed by atoms with E-state index in [9.17, 15) is 18.0 Å². The molecule has 1 aliphatic heterocycles. The lowest BCUT2D eigenvalue weighted by atomic mass is 10.0. The van der Waals surface area contributed by atoms with Gasteiger partial charge < -0.3 is 11.1 Å². The second kappa shape index (κ2) is 6.63. The fourth-order valence-corrected chi connectivity index (χ4v) is 5.61. The van der Waals surface area contributed by atoms with Gasteiger partial charge in [0, 0.05) is 12.1 Å². The van der Waals surface area contributed by atoms with Crippen molar-refractivity contribution in [3.8, 4) is 0 Å². The molecule has 3 heterocycles. The highest BCUT2D eigenvalue weighted by molar-refractivity contribution is 7.91. The first-order chi connectivity index (χ1) is 14.4. The van der Waals surface area contributed by atoms with Gasteiger partial charge in [0.15, 0.2) is 15.5 Å². The molecular weight excluding hydrogens is 406 g/mol. The fourth-order valence-electron chi connectivity index (χ4n) is 3.98. The van der Waals surface area contributed by atoms with Crippen molar-refractivity contribution >= 4 is 27.3 Å². The highest BCUT2D eigenvalue weighted by Gasteiger charge is 2.34. The first-order valence-electron chi connectivity index (χ1n) is 9.67. The van der Waals surface area contributed by atoms with Crippen LogP contribution in [-0.4, -0.2) is 40.6 Å². The van der Waals surface area contributed by atoms with E-state index < -0.39 is 27.7 Å². The topological polar surface area (TPSA) is 137 Å². The van der Waals surface area contributed by atoms with Crippen LogP contribution in [0.1, 0.15) is 63.3 Å². The molecule has 1 saturated carbocycles. The van der Waals surface area contributed by atoms with Crippen LogP contribution in [0.5, 0.6) is 0 Å². The summed E-state index contributed by atoms with van der Waals surface area (Å²) in [4.78, 5) is 29.6. The van der Waals surface area contributed by atoms with E-state index in [4.69, 9.17) is 5.73 Å². The molecule has 3 N–H and O–H groups in total. The quantitative estimate of drug-likeness (QED) is 0.647. The highest BCUT2D eigenvalue weighted by Crippen LogP contribution is 2.41. The van der Waals surface area contributed by atoms with Crippen LogP contribution in [0.2, 0.25) is 0 Å². The molecule has 30 heavy (non-hydrogen) atoms. The minimum atomic E-state index is -3.35. The van der Waals surface area contributed by atoms with Crippen LogP contribution in [0.25, 0.3) is 5.65 Å². The average molecular weight is 425 g/mol. The number of rotatable bonds is 4. The van der Waals surface area contributed by atoms with E-state index in [1.165, 1.54) is 16.8 Å². The standard InChI is InChI=1S/C20H19N5O4S/c21-18(26)16-17(11-5-6-11)24-25-14(7-9-22-19(16)25)20(27)23-13-8-10-30(28,29)15-4-2-1-3-12(13)15/h1-4,7,9,11,13H,5-6,8,10H2,(H2,21,26)(H,23,27)/t13-/m1/s1. The molecule has 1 aliphatic carbocycles. The maximum absolute atomic E-state index is 13.1. The monoisotopic (exact) mass is 425 g/mol. The predicted octanol–water partition coefficient (Wildman–Crippen LogP) is 1.35. The van der Waals surface area contributed by atoms with Gasteiger partial charge in [-0.25, -0.2) is 17.9 Å². The Morgan fingerprint density at radius 1 is 1.13 bits per heavy atom. The lowest BCUT2D eigenvalue weighted by Gasteiger charge is -2.26. The molecule has 0 unspecified atom stereocenters. The Balaban J connectivity index is 1.53. The van der Waals surface area contributed by atoms with Crippen LogP contribution in [0.15, 0.2) is 41.4 Å². The number of aromatic nitrogens is 3. The smallest absolute Gasteiger partial charge is 0.270 e. The van der Waals surface area contributed by atoms with Gasteiger partial charge in [0.1, 0.15) is 11.3 Å². The number of benzene rings is 1. The summed E-state index contributed by atoms with van der Waals surface area (Å²) in [6, 6.07) is 7.75. The first kappa shape index (κ1) is 18.7. The van der Waals surface area contributed by atoms with Crippen molar-refractivity contribution in [1.82, 2.24) is 19.9 Å². The van der Waals surface area contributed by atoms with Crippen molar-refractivity contribution in [1.29, 1.82) is 0 Å². The van der Waals surface area contributed by atoms with E-state index in [0.717, 1.165) is 12.8 Å².